The molecule has 7 heteroatoms. The van der Waals surface area contributed by atoms with Crippen molar-refractivity contribution in [2.24, 2.45) is 5.92 Å². The van der Waals surface area contributed by atoms with E-state index in [1.165, 1.54) is 12.3 Å². The molecule has 1 fully saturated rings. The first-order valence-electron chi connectivity index (χ1n) is 11.6. The highest BCUT2D eigenvalue weighted by Crippen LogP contribution is 2.29. The number of rotatable bonds is 8. The van der Waals surface area contributed by atoms with Gasteiger partial charge in [0.1, 0.15) is 6.04 Å². The Morgan fingerprint density at radius 3 is 2.62 bits per heavy atom. The van der Waals surface area contributed by atoms with E-state index in [-0.39, 0.29) is 17.5 Å². The minimum atomic E-state index is -0.649. The Kier molecular flexibility index (Phi) is 7.52. The first kappa shape index (κ1) is 23.4. The smallest absolute Gasteiger partial charge is 0.252 e. The quantitative estimate of drug-likeness (QED) is 0.409. The maximum atomic E-state index is 13.9. The molecule has 0 unspecified atom stereocenters. The van der Waals surface area contributed by atoms with Crippen LogP contribution in [0.15, 0.2) is 67.0 Å². The molecule has 3 N–H and O–H groups in total. The molecule has 176 valence electrons. The third kappa shape index (κ3) is 5.98. The van der Waals surface area contributed by atoms with Crippen molar-refractivity contribution in [1.29, 1.82) is 0 Å². The zero-order chi connectivity index (χ0) is 23.9. The molecular weight excluding hydrogens is 431 g/mol. The third-order valence-corrected chi connectivity index (χ3v) is 6.24. The second-order valence-corrected chi connectivity index (χ2v) is 8.78. The van der Waals surface area contributed by atoms with E-state index in [1.54, 1.807) is 24.3 Å². The van der Waals surface area contributed by atoms with Gasteiger partial charge in [-0.15, -0.1) is 0 Å². The molecule has 1 saturated carbocycles. The van der Waals surface area contributed by atoms with E-state index < -0.39 is 11.9 Å². The van der Waals surface area contributed by atoms with Gasteiger partial charge >= 0.3 is 0 Å². The number of carbonyl (C=O) groups is 2. The standard InChI is InChI=1S/C27H29FN4O2/c1-18-7-2-5-12-23(18)31-27(34)25(15-19-8-3-4-9-19)32-26(33)20-10-6-11-21(16-20)30-24-13-14-29-17-22(24)28/h2,5-7,10-14,16-17,19,25H,3-4,8-9,15H2,1H3,(H,29,30)(H,31,34)(H,32,33)/t25-/m1/s1. The van der Waals surface area contributed by atoms with Crippen LogP contribution < -0.4 is 16.0 Å². The minimum absolute atomic E-state index is 0.220. The lowest BCUT2D eigenvalue weighted by Gasteiger charge is -2.22. The van der Waals surface area contributed by atoms with Crippen molar-refractivity contribution in [1.82, 2.24) is 10.3 Å². The Morgan fingerprint density at radius 2 is 1.85 bits per heavy atom. The van der Waals surface area contributed by atoms with E-state index in [2.05, 4.69) is 20.9 Å². The topological polar surface area (TPSA) is 83.1 Å². The molecule has 1 atom stereocenters. The summed E-state index contributed by atoms with van der Waals surface area (Å²) < 4.78 is 13.9. The Labute approximate surface area is 199 Å². The first-order valence-corrected chi connectivity index (χ1v) is 11.6. The molecule has 2 aromatic carbocycles. The van der Waals surface area contributed by atoms with Gasteiger partial charge in [0.25, 0.3) is 5.91 Å². The first-order chi connectivity index (χ1) is 16.5. The van der Waals surface area contributed by atoms with Crippen LogP contribution in [-0.2, 0) is 4.79 Å². The molecule has 1 heterocycles. The predicted octanol–water partition coefficient (Wildman–Crippen LogP) is 5.59. The van der Waals surface area contributed by atoms with Crippen LogP contribution in [0.2, 0.25) is 0 Å². The molecule has 0 radical (unpaired) electrons. The molecule has 1 aliphatic rings. The van der Waals surface area contributed by atoms with Crippen molar-refractivity contribution in [3.63, 3.8) is 0 Å². The number of benzene rings is 2. The highest BCUT2D eigenvalue weighted by Gasteiger charge is 2.27. The number of aromatic nitrogens is 1. The summed E-state index contributed by atoms with van der Waals surface area (Å²) in [7, 11) is 0. The van der Waals surface area contributed by atoms with Gasteiger partial charge in [0.15, 0.2) is 5.82 Å². The highest BCUT2D eigenvalue weighted by atomic mass is 19.1. The van der Waals surface area contributed by atoms with Gasteiger partial charge in [-0.3, -0.25) is 14.6 Å². The lowest BCUT2D eigenvalue weighted by atomic mass is 9.97. The van der Waals surface area contributed by atoms with Crippen LogP contribution in [0.25, 0.3) is 0 Å². The summed E-state index contributed by atoms with van der Waals surface area (Å²) in [6.45, 7) is 1.93. The van der Waals surface area contributed by atoms with Gasteiger partial charge < -0.3 is 16.0 Å². The summed E-state index contributed by atoms with van der Waals surface area (Å²) in [6.07, 6.45) is 7.67. The average Bonchev–Trinajstić information content (AvgIpc) is 3.35. The second kappa shape index (κ2) is 10.9. The van der Waals surface area contributed by atoms with Gasteiger partial charge in [0, 0.05) is 23.1 Å². The van der Waals surface area contributed by atoms with E-state index in [0.717, 1.165) is 43.1 Å². The number of para-hydroxylation sites is 1. The number of nitrogens with one attached hydrogen (secondary N) is 3. The SMILES string of the molecule is Cc1ccccc1NC(=O)[C@@H](CC1CCCC1)NC(=O)c1cccc(Nc2ccncc2F)c1. The summed E-state index contributed by atoms with van der Waals surface area (Å²) in [4.78, 5) is 30.0. The van der Waals surface area contributed by atoms with Crippen molar-refractivity contribution in [2.75, 3.05) is 10.6 Å². The van der Waals surface area contributed by atoms with Gasteiger partial charge in [-0.2, -0.15) is 0 Å². The molecule has 34 heavy (non-hydrogen) atoms. The molecule has 3 aromatic rings. The molecule has 1 aromatic heterocycles. The fourth-order valence-electron chi connectivity index (χ4n) is 4.36. The molecule has 2 amide bonds. The van der Waals surface area contributed by atoms with E-state index in [9.17, 15) is 14.0 Å². The lowest BCUT2D eigenvalue weighted by molar-refractivity contribution is -0.118. The monoisotopic (exact) mass is 460 g/mol. The van der Waals surface area contributed by atoms with Gasteiger partial charge in [-0.1, -0.05) is 49.9 Å². The van der Waals surface area contributed by atoms with Crippen LogP contribution in [0.1, 0.15) is 48.0 Å². The zero-order valence-corrected chi connectivity index (χ0v) is 19.2. The number of nitrogens with zero attached hydrogens (tertiary/aromatic N) is 1. The van der Waals surface area contributed by atoms with E-state index >= 15 is 0 Å². The fourth-order valence-corrected chi connectivity index (χ4v) is 4.36. The van der Waals surface area contributed by atoms with E-state index in [4.69, 9.17) is 0 Å². The van der Waals surface area contributed by atoms with Crippen LogP contribution in [0.3, 0.4) is 0 Å². The van der Waals surface area contributed by atoms with Gasteiger partial charge in [-0.25, -0.2) is 4.39 Å². The molecule has 0 saturated heterocycles. The molecule has 6 nitrogen and oxygen atoms in total. The molecule has 0 aliphatic heterocycles. The van der Waals surface area contributed by atoms with Crippen LogP contribution >= 0.6 is 0 Å². The number of halogens is 1. The average molecular weight is 461 g/mol. The Balaban J connectivity index is 1.49. The Bertz CT molecular complexity index is 1160. The highest BCUT2D eigenvalue weighted by molar-refractivity contribution is 6.01. The number of hydrogen-bond acceptors (Lipinski definition) is 4. The summed E-state index contributed by atoms with van der Waals surface area (Å²) in [6, 6.07) is 15.2. The molecule has 0 spiro atoms. The largest absolute Gasteiger partial charge is 0.353 e. The van der Waals surface area contributed by atoms with Crippen molar-refractivity contribution in [3.05, 3.63) is 83.9 Å². The van der Waals surface area contributed by atoms with Crippen LogP contribution in [0.4, 0.5) is 21.5 Å². The van der Waals surface area contributed by atoms with E-state index in [1.807, 2.05) is 31.2 Å². The second-order valence-electron chi connectivity index (χ2n) is 8.78. The van der Waals surface area contributed by atoms with Crippen molar-refractivity contribution in [2.45, 2.75) is 45.1 Å². The third-order valence-electron chi connectivity index (χ3n) is 6.24. The Hall–Kier alpha value is -3.74. The minimum Gasteiger partial charge on any atom is -0.353 e. The number of carbonyl (C=O) groups excluding carboxylic acids is 2. The van der Waals surface area contributed by atoms with Crippen molar-refractivity contribution < 1.29 is 14.0 Å². The van der Waals surface area contributed by atoms with Crippen LogP contribution in [0.5, 0.6) is 0 Å². The predicted molar refractivity (Wildman–Crippen MR) is 132 cm³/mol. The van der Waals surface area contributed by atoms with Crippen LogP contribution in [-0.4, -0.2) is 22.8 Å². The van der Waals surface area contributed by atoms with Gasteiger partial charge in [0.2, 0.25) is 5.91 Å². The van der Waals surface area contributed by atoms with Crippen molar-refractivity contribution in [3.8, 4) is 0 Å². The summed E-state index contributed by atoms with van der Waals surface area (Å²) in [5, 5.41) is 8.88. The molecule has 1 aliphatic carbocycles. The number of hydrogen-bond donors (Lipinski definition) is 3. The number of anilines is 3. The summed E-state index contributed by atoms with van der Waals surface area (Å²) in [5.74, 6) is -0.637. The number of pyridine rings is 1. The number of aryl methyl sites for hydroxylation is 1. The summed E-state index contributed by atoms with van der Waals surface area (Å²) in [5.41, 5.74) is 2.92. The van der Waals surface area contributed by atoms with Crippen LogP contribution in [0, 0.1) is 18.7 Å². The molecular formula is C27H29FN4O2. The van der Waals surface area contributed by atoms with Crippen molar-refractivity contribution >= 4 is 28.9 Å². The molecule has 0 bridgehead atoms. The zero-order valence-electron chi connectivity index (χ0n) is 19.2. The summed E-state index contributed by atoms with van der Waals surface area (Å²) >= 11 is 0. The maximum absolute atomic E-state index is 13.9. The van der Waals surface area contributed by atoms with E-state index in [0.29, 0.717) is 23.6 Å². The lowest BCUT2D eigenvalue weighted by Crippen LogP contribution is -2.44. The number of amides is 2. The maximum Gasteiger partial charge on any atom is 0.252 e. The normalized spacial score (nSPS) is 14.4. The molecule has 4 rings (SSSR count). The van der Waals surface area contributed by atoms with Gasteiger partial charge in [-0.05, 0) is 55.2 Å². The Morgan fingerprint density at radius 1 is 1.06 bits per heavy atom. The van der Waals surface area contributed by atoms with Gasteiger partial charge in [0.05, 0.1) is 11.9 Å². The fraction of sp³-hybridized carbons (Fsp3) is 0.296.